The molecule has 0 saturated carbocycles. The molecule has 0 unspecified atom stereocenters. The highest BCUT2D eigenvalue weighted by Gasteiger charge is 2.25. The lowest BCUT2D eigenvalue weighted by Crippen LogP contribution is -2.40. The largest absolute Gasteiger partial charge is 0.492 e. The zero-order chi connectivity index (χ0) is 14.8. The normalized spacial score (nSPS) is 12.5. The first kappa shape index (κ1) is 16.0. The lowest BCUT2D eigenvalue weighted by atomic mass is 10.1. The number of ether oxygens (including phenoxy) is 1. The smallest absolute Gasteiger partial charge is 0.244 e. The van der Waals surface area contributed by atoms with Crippen molar-refractivity contribution in [1.82, 2.24) is 4.72 Å². The van der Waals surface area contributed by atoms with Gasteiger partial charge in [0.2, 0.25) is 10.0 Å². The van der Waals surface area contributed by atoms with E-state index in [0.717, 1.165) is 11.1 Å². The highest BCUT2D eigenvalue weighted by Crippen LogP contribution is 2.28. The fourth-order valence-corrected chi connectivity index (χ4v) is 3.33. The fraction of sp³-hybridized carbons (Fsp3) is 0.571. The molecule has 0 aliphatic heterocycles. The van der Waals surface area contributed by atoms with Crippen LogP contribution in [0.3, 0.4) is 0 Å². The Balaban J connectivity index is 3.36. The van der Waals surface area contributed by atoms with Gasteiger partial charge in [-0.2, -0.15) is 0 Å². The monoisotopic (exact) mass is 285 g/mol. The van der Waals surface area contributed by atoms with E-state index in [4.69, 9.17) is 4.74 Å². The second-order valence-corrected chi connectivity index (χ2v) is 7.32. The lowest BCUT2D eigenvalue weighted by molar-refractivity contribution is 0.330. The number of sulfonamides is 1. The van der Waals surface area contributed by atoms with E-state index in [9.17, 15) is 8.42 Å². The second-order valence-electron chi connectivity index (χ2n) is 5.67. The lowest BCUT2D eigenvalue weighted by Gasteiger charge is -2.22. The number of benzene rings is 1. The van der Waals surface area contributed by atoms with Crippen LogP contribution < -0.4 is 9.46 Å². The third-order valence-corrected chi connectivity index (χ3v) is 4.37. The minimum Gasteiger partial charge on any atom is -0.492 e. The Morgan fingerprint density at radius 1 is 1.16 bits per heavy atom. The Labute approximate surface area is 116 Å². The molecule has 0 saturated heterocycles. The van der Waals surface area contributed by atoms with Crippen molar-refractivity contribution in [3.8, 4) is 5.75 Å². The van der Waals surface area contributed by atoms with Gasteiger partial charge in [-0.1, -0.05) is 0 Å². The average Bonchev–Trinajstić information content (AvgIpc) is 2.19. The minimum atomic E-state index is -3.59. The standard InChI is InChI=1S/C14H23NO3S/c1-7-18-12-8-10(2)11(3)9-13(12)19(16,17)15-14(4,5)6/h8-9,15H,7H2,1-6H3. The van der Waals surface area contributed by atoms with Gasteiger partial charge in [-0.15, -0.1) is 0 Å². The van der Waals surface area contributed by atoms with E-state index in [1.54, 1.807) is 12.1 Å². The maximum atomic E-state index is 12.4. The first-order valence-corrected chi connectivity index (χ1v) is 7.83. The first-order chi connectivity index (χ1) is 8.57. The van der Waals surface area contributed by atoms with Crippen molar-refractivity contribution >= 4 is 10.0 Å². The molecule has 1 aromatic rings. The molecule has 0 aliphatic rings. The average molecular weight is 285 g/mol. The summed E-state index contributed by atoms with van der Waals surface area (Å²) in [6.45, 7) is 11.5. The quantitative estimate of drug-likeness (QED) is 0.925. The van der Waals surface area contributed by atoms with Crippen LogP contribution >= 0.6 is 0 Å². The van der Waals surface area contributed by atoms with Crippen LogP contribution in [0.25, 0.3) is 0 Å². The third-order valence-electron chi connectivity index (χ3n) is 2.59. The van der Waals surface area contributed by atoms with E-state index >= 15 is 0 Å². The number of nitrogens with one attached hydrogen (secondary N) is 1. The molecule has 0 spiro atoms. The zero-order valence-electron chi connectivity index (χ0n) is 12.5. The molecule has 0 fully saturated rings. The molecule has 108 valence electrons. The van der Waals surface area contributed by atoms with Crippen molar-refractivity contribution in [3.05, 3.63) is 23.3 Å². The van der Waals surface area contributed by atoms with Crippen LogP contribution in [-0.2, 0) is 10.0 Å². The molecule has 0 atom stereocenters. The number of aryl methyl sites for hydroxylation is 2. The molecule has 1 N–H and O–H groups in total. The number of hydrogen-bond acceptors (Lipinski definition) is 3. The van der Waals surface area contributed by atoms with Crippen molar-refractivity contribution in [3.63, 3.8) is 0 Å². The predicted molar refractivity (Wildman–Crippen MR) is 77.2 cm³/mol. The van der Waals surface area contributed by atoms with Crippen LogP contribution in [0.2, 0.25) is 0 Å². The first-order valence-electron chi connectivity index (χ1n) is 6.35. The Morgan fingerprint density at radius 2 is 1.68 bits per heavy atom. The van der Waals surface area contributed by atoms with Crippen LogP contribution in [0.4, 0.5) is 0 Å². The molecule has 0 heterocycles. The Kier molecular flexibility index (Phi) is 4.63. The van der Waals surface area contributed by atoms with Crippen molar-refractivity contribution in [1.29, 1.82) is 0 Å². The van der Waals surface area contributed by atoms with Crippen molar-refractivity contribution in [2.45, 2.75) is 52.0 Å². The molecule has 0 radical (unpaired) electrons. The van der Waals surface area contributed by atoms with E-state index in [1.165, 1.54) is 0 Å². The minimum absolute atomic E-state index is 0.201. The van der Waals surface area contributed by atoms with Gasteiger partial charge in [-0.05, 0) is 64.8 Å². The summed E-state index contributed by atoms with van der Waals surface area (Å²) in [6, 6.07) is 3.43. The maximum absolute atomic E-state index is 12.4. The molecule has 0 amide bonds. The zero-order valence-corrected chi connectivity index (χ0v) is 13.3. The summed E-state index contributed by atoms with van der Waals surface area (Å²) < 4.78 is 32.9. The molecule has 0 bridgehead atoms. The summed E-state index contributed by atoms with van der Waals surface area (Å²) in [7, 11) is -3.59. The molecule has 0 aromatic heterocycles. The number of rotatable bonds is 4. The van der Waals surface area contributed by atoms with Crippen LogP contribution in [0.5, 0.6) is 5.75 Å². The van der Waals surface area contributed by atoms with Gasteiger partial charge in [0, 0.05) is 5.54 Å². The fourth-order valence-electron chi connectivity index (χ4n) is 1.70. The van der Waals surface area contributed by atoms with Gasteiger partial charge in [0.05, 0.1) is 6.61 Å². The third kappa shape index (κ3) is 4.21. The molecular formula is C14H23NO3S. The SMILES string of the molecule is CCOc1cc(C)c(C)cc1S(=O)(=O)NC(C)(C)C. The van der Waals surface area contributed by atoms with E-state index in [2.05, 4.69) is 4.72 Å². The van der Waals surface area contributed by atoms with Gasteiger partial charge in [0.25, 0.3) is 0 Å². The predicted octanol–water partition coefficient (Wildman–Crippen LogP) is 2.78. The molecular weight excluding hydrogens is 262 g/mol. The summed E-state index contributed by atoms with van der Waals surface area (Å²) in [5.41, 5.74) is 1.41. The van der Waals surface area contributed by atoms with Crippen LogP contribution in [0.1, 0.15) is 38.8 Å². The maximum Gasteiger partial charge on any atom is 0.244 e. The Morgan fingerprint density at radius 3 is 2.16 bits per heavy atom. The summed E-state index contributed by atoms with van der Waals surface area (Å²) in [5, 5.41) is 0. The van der Waals surface area contributed by atoms with E-state index in [0.29, 0.717) is 12.4 Å². The number of hydrogen-bond donors (Lipinski definition) is 1. The van der Waals surface area contributed by atoms with E-state index in [1.807, 2.05) is 41.5 Å². The van der Waals surface area contributed by atoms with Gasteiger partial charge in [0.1, 0.15) is 10.6 Å². The summed E-state index contributed by atoms with van der Waals surface area (Å²) in [5.74, 6) is 0.405. The van der Waals surface area contributed by atoms with Crippen molar-refractivity contribution in [2.75, 3.05) is 6.61 Å². The molecule has 5 heteroatoms. The molecule has 4 nitrogen and oxygen atoms in total. The van der Waals surface area contributed by atoms with Crippen LogP contribution in [0, 0.1) is 13.8 Å². The van der Waals surface area contributed by atoms with Gasteiger partial charge in [-0.25, -0.2) is 13.1 Å². The van der Waals surface area contributed by atoms with Gasteiger partial charge in [0.15, 0.2) is 0 Å². The second kappa shape index (κ2) is 5.51. The Hall–Kier alpha value is -1.07. The van der Waals surface area contributed by atoms with Crippen molar-refractivity contribution in [2.24, 2.45) is 0 Å². The van der Waals surface area contributed by atoms with Crippen LogP contribution in [0.15, 0.2) is 17.0 Å². The van der Waals surface area contributed by atoms with Gasteiger partial charge < -0.3 is 4.74 Å². The highest BCUT2D eigenvalue weighted by atomic mass is 32.2. The topological polar surface area (TPSA) is 55.4 Å². The summed E-state index contributed by atoms with van der Waals surface area (Å²) >= 11 is 0. The molecule has 19 heavy (non-hydrogen) atoms. The van der Waals surface area contributed by atoms with Gasteiger partial charge in [-0.3, -0.25) is 0 Å². The summed E-state index contributed by atoms with van der Waals surface area (Å²) in [4.78, 5) is 0.201. The van der Waals surface area contributed by atoms with Crippen LogP contribution in [-0.4, -0.2) is 20.6 Å². The van der Waals surface area contributed by atoms with E-state index < -0.39 is 15.6 Å². The molecule has 1 rings (SSSR count). The summed E-state index contributed by atoms with van der Waals surface area (Å²) in [6.07, 6.45) is 0. The van der Waals surface area contributed by atoms with E-state index in [-0.39, 0.29) is 4.90 Å². The molecule has 1 aromatic carbocycles. The highest BCUT2D eigenvalue weighted by molar-refractivity contribution is 7.89. The van der Waals surface area contributed by atoms with Gasteiger partial charge >= 0.3 is 0 Å². The Bertz CT molecular complexity index is 557. The van der Waals surface area contributed by atoms with Crippen molar-refractivity contribution < 1.29 is 13.2 Å². The molecule has 0 aliphatic carbocycles.